The van der Waals surface area contributed by atoms with E-state index in [1.807, 2.05) is 12.1 Å². The molecular weight excluding hydrogens is 255 g/mol. The number of hydrogen-bond donors (Lipinski definition) is 1. The Hall–Kier alpha value is -0.440. The van der Waals surface area contributed by atoms with Crippen LogP contribution in [0, 0.1) is 5.92 Å². The Morgan fingerprint density at radius 1 is 1.35 bits per heavy atom. The molecule has 1 unspecified atom stereocenters. The van der Waals surface area contributed by atoms with E-state index in [0.29, 0.717) is 15.7 Å². The van der Waals surface area contributed by atoms with Gasteiger partial charge in [-0.25, -0.2) is 0 Å². The molecule has 2 N–H and O–H groups in total. The molecule has 0 spiro atoms. The second-order valence-corrected chi connectivity index (χ2v) is 5.77. The van der Waals surface area contributed by atoms with Crippen LogP contribution in [0.25, 0.3) is 0 Å². The first-order chi connectivity index (χ1) is 8.06. The predicted molar refractivity (Wildman–Crippen MR) is 74.5 cm³/mol. The molecule has 2 nitrogen and oxygen atoms in total. The first kappa shape index (κ1) is 13.0. The lowest BCUT2D eigenvalue weighted by Crippen LogP contribution is -2.33. The predicted octanol–water partition coefficient (Wildman–Crippen LogP) is 3.81. The van der Waals surface area contributed by atoms with E-state index < -0.39 is 0 Å². The molecule has 1 aliphatic heterocycles. The van der Waals surface area contributed by atoms with Crippen molar-refractivity contribution in [3.8, 4) is 0 Å². The molecule has 1 saturated heterocycles. The molecule has 17 heavy (non-hydrogen) atoms. The molecule has 0 amide bonds. The topological polar surface area (TPSA) is 29.3 Å². The van der Waals surface area contributed by atoms with Crippen LogP contribution in [0.1, 0.15) is 25.3 Å². The van der Waals surface area contributed by atoms with Gasteiger partial charge in [-0.15, -0.1) is 0 Å². The van der Waals surface area contributed by atoms with Gasteiger partial charge in [0.15, 0.2) is 0 Å². The smallest absolute Gasteiger partial charge is 0.0693 e. The third-order valence-electron chi connectivity index (χ3n) is 3.29. The summed E-state index contributed by atoms with van der Waals surface area (Å²) in [5, 5.41) is 1.11. The fourth-order valence-corrected chi connectivity index (χ4v) is 2.95. The van der Waals surface area contributed by atoms with E-state index in [1.165, 1.54) is 12.8 Å². The fourth-order valence-electron chi connectivity index (χ4n) is 2.42. The zero-order valence-corrected chi connectivity index (χ0v) is 11.6. The SMILES string of the molecule is CC1CCCN(Cc2cc(Cl)c(N)c(Cl)c2)C1. The lowest BCUT2D eigenvalue weighted by atomic mass is 10.00. The number of nitrogen functional groups attached to an aromatic ring is 1. The van der Waals surface area contributed by atoms with Crippen molar-refractivity contribution >= 4 is 28.9 Å². The standard InChI is InChI=1S/C13H18Cl2N2/c1-9-3-2-4-17(7-9)8-10-5-11(14)13(16)12(15)6-10/h5-6,9H,2-4,7-8,16H2,1H3. The van der Waals surface area contributed by atoms with Gasteiger partial charge in [-0.2, -0.15) is 0 Å². The molecule has 0 bridgehead atoms. The van der Waals surface area contributed by atoms with Crippen LogP contribution < -0.4 is 5.73 Å². The Morgan fingerprint density at radius 2 is 2.00 bits per heavy atom. The van der Waals surface area contributed by atoms with Crippen LogP contribution in [0.4, 0.5) is 5.69 Å². The number of piperidine rings is 1. The molecule has 1 atom stereocenters. The highest BCUT2D eigenvalue weighted by molar-refractivity contribution is 6.38. The van der Waals surface area contributed by atoms with E-state index in [2.05, 4.69) is 11.8 Å². The third kappa shape index (κ3) is 3.27. The Labute approximate surface area is 113 Å². The molecule has 94 valence electrons. The average Bonchev–Trinajstić information content (AvgIpc) is 2.26. The molecule has 1 aliphatic rings. The van der Waals surface area contributed by atoms with Gasteiger partial charge in [-0.1, -0.05) is 30.1 Å². The van der Waals surface area contributed by atoms with Crippen molar-refractivity contribution in [1.29, 1.82) is 0 Å². The molecule has 1 aromatic rings. The minimum absolute atomic E-state index is 0.476. The van der Waals surface area contributed by atoms with Crippen molar-refractivity contribution in [2.24, 2.45) is 5.92 Å². The second-order valence-electron chi connectivity index (χ2n) is 4.96. The lowest BCUT2D eigenvalue weighted by molar-refractivity contribution is 0.176. The molecule has 1 fully saturated rings. The van der Waals surface area contributed by atoms with Crippen LogP contribution in [-0.4, -0.2) is 18.0 Å². The van der Waals surface area contributed by atoms with Gasteiger partial charge in [-0.05, 0) is 43.0 Å². The van der Waals surface area contributed by atoms with Crippen molar-refractivity contribution in [2.45, 2.75) is 26.3 Å². The fraction of sp³-hybridized carbons (Fsp3) is 0.538. The van der Waals surface area contributed by atoms with Crippen LogP contribution in [0.3, 0.4) is 0 Å². The molecule has 0 radical (unpaired) electrons. The Kier molecular flexibility index (Phi) is 4.18. The van der Waals surface area contributed by atoms with E-state index in [0.717, 1.165) is 31.1 Å². The highest BCUT2D eigenvalue weighted by Crippen LogP contribution is 2.29. The normalized spacial score (nSPS) is 21.7. The molecule has 2 rings (SSSR count). The first-order valence-electron chi connectivity index (χ1n) is 6.02. The molecule has 0 aliphatic carbocycles. The Balaban J connectivity index is 2.08. The lowest BCUT2D eigenvalue weighted by Gasteiger charge is -2.30. The van der Waals surface area contributed by atoms with E-state index in [4.69, 9.17) is 28.9 Å². The van der Waals surface area contributed by atoms with Crippen LogP contribution in [0.2, 0.25) is 10.0 Å². The van der Waals surface area contributed by atoms with Crippen molar-refractivity contribution in [3.63, 3.8) is 0 Å². The number of nitrogens with zero attached hydrogens (tertiary/aromatic N) is 1. The van der Waals surface area contributed by atoms with E-state index in [-0.39, 0.29) is 0 Å². The second kappa shape index (κ2) is 5.47. The molecule has 1 heterocycles. The summed E-state index contributed by atoms with van der Waals surface area (Å²) in [6.07, 6.45) is 2.61. The molecule has 4 heteroatoms. The van der Waals surface area contributed by atoms with Gasteiger partial charge in [0.2, 0.25) is 0 Å². The van der Waals surface area contributed by atoms with Gasteiger partial charge >= 0.3 is 0 Å². The Bertz CT molecular complexity index is 383. The van der Waals surface area contributed by atoms with E-state index in [9.17, 15) is 0 Å². The Morgan fingerprint density at radius 3 is 2.59 bits per heavy atom. The van der Waals surface area contributed by atoms with Crippen LogP contribution in [-0.2, 0) is 6.54 Å². The van der Waals surface area contributed by atoms with Crippen LogP contribution in [0.5, 0.6) is 0 Å². The number of anilines is 1. The number of halogens is 2. The maximum atomic E-state index is 6.04. The molecule has 0 saturated carbocycles. The summed E-state index contributed by atoms with van der Waals surface area (Å²) < 4.78 is 0. The molecule has 0 aromatic heterocycles. The highest BCUT2D eigenvalue weighted by atomic mass is 35.5. The molecular formula is C13H18Cl2N2. The van der Waals surface area contributed by atoms with Gasteiger partial charge in [-0.3, -0.25) is 4.90 Å². The average molecular weight is 273 g/mol. The number of nitrogens with two attached hydrogens (primary N) is 1. The summed E-state index contributed by atoms with van der Waals surface area (Å²) in [4.78, 5) is 2.45. The quantitative estimate of drug-likeness (QED) is 0.830. The third-order valence-corrected chi connectivity index (χ3v) is 3.91. The largest absolute Gasteiger partial charge is 0.396 e. The number of rotatable bonds is 2. The van der Waals surface area contributed by atoms with Gasteiger partial charge < -0.3 is 5.73 Å². The summed E-state index contributed by atoms with van der Waals surface area (Å²) in [5.41, 5.74) is 7.35. The summed E-state index contributed by atoms with van der Waals surface area (Å²) in [5.74, 6) is 0.781. The highest BCUT2D eigenvalue weighted by Gasteiger charge is 2.17. The summed E-state index contributed by atoms with van der Waals surface area (Å²) >= 11 is 12.1. The van der Waals surface area contributed by atoms with E-state index in [1.54, 1.807) is 0 Å². The van der Waals surface area contributed by atoms with Gasteiger partial charge in [0.25, 0.3) is 0 Å². The van der Waals surface area contributed by atoms with Crippen molar-refractivity contribution < 1.29 is 0 Å². The first-order valence-corrected chi connectivity index (χ1v) is 6.77. The van der Waals surface area contributed by atoms with Crippen molar-refractivity contribution in [2.75, 3.05) is 18.8 Å². The van der Waals surface area contributed by atoms with Gasteiger partial charge in [0.1, 0.15) is 0 Å². The minimum Gasteiger partial charge on any atom is -0.396 e. The summed E-state index contributed by atoms with van der Waals surface area (Å²) in [7, 11) is 0. The van der Waals surface area contributed by atoms with Crippen molar-refractivity contribution in [3.05, 3.63) is 27.7 Å². The maximum Gasteiger partial charge on any atom is 0.0693 e. The monoisotopic (exact) mass is 272 g/mol. The molecule has 1 aromatic carbocycles. The maximum absolute atomic E-state index is 6.04. The number of likely N-dealkylation sites (tertiary alicyclic amines) is 1. The minimum atomic E-state index is 0.476. The summed E-state index contributed by atoms with van der Waals surface area (Å²) in [6.45, 7) is 5.52. The van der Waals surface area contributed by atoms with Crippen LogP contribution >= 0.6 is 23.2 Å². The zero-order chi connectivity index (χ0) is 12.4. The summed E-state index contributed by atoms with van der Waals surface area (Å²) in [6, 6.07) is 3.84. The number of benzene rings is 1. The van der Waals surface area contributed by atoms with Gasteiger partial charge in [0.05, 0.1) is 15.7 Å². The zero-order valence-electron chi connectivity index (χ0n) is 10.0. The van der Waals surface area contributed by atoms with Gasteiger partial charge in [0, 0.05) is 13.1 Å². The van der Waals surface area contributed by atoms with Crippen LogP contribution in [0.15, 0.2) is 12.1 Å². The number of hydrogen-bond acceptors (Lipinski definition) is 2. The van der Waals surface area contributed by atoms with Crippen molar-refractivity contribution in [1.82, 2.24) is 4.90 Å². The van der Waals surface area contributed by atoms with E-state index >= 15 is 0 Å².